The molecule has 1 unspecified atom stereocenters. The number of amides is 1. The van der Waals surface area contributed by atoms with Gasteiger partial charge in [0.2, 0.25) is 5.91 Å². The molecule has 134 valence electrons. The lowest BCUT2D eigenvalue weighted by Crippen LogP contribution is -2.20. The summed E-state index contributed by atoms with van der Waals surface area (Å²) in [4.78, 5) is 24.3. The molecule has 1 aromatic rings. The van der Waals surface area contributed by atoms with Crippen LogP contribution in [-0.2, 0) is 14.3 Å². The number of halogens is 2. The van der Waals surface area contributed by atoms with E-state index in [9.17, 15) is 14.0 Å². The van der Waals surface area contributed by atoms with Crippen molar-refractivity contribution in [3.8, 4) is 0 Å². The molecule has 0 heterocycles. The molecule has 0 aliphatic carbocycles. The fourth-order valence-electron chi connectivity index (χ4n) is 2.03. The van der Waals surface area contributed by atoms with Gasteiger partial charge in [0, 0.05) is 11.3 Å². The molecule has 24 heavy (non-hydrogen) atoms. The number of anilines is 1. The highest BCUT2D eigenvalue weighted by Gasteiger charge is 2.22. The SMILES string of the molecule is CCCC(=O)Nc1cc(SC(CCC)C(=O)OCC)c(Cl)cc1F. The Hall–Kier alpha value is -1.27. The molecule has 1 amide bonds. The van der Waals surface area contributed by atoms with Crippen LogP contribution in [0.4, 0.5) is 10.1 Å². The number of thioether (sulfide) groups is 1. The average molecular weight is 376 g/mol. The second-order valence-electron chi connectivity index (χ2n) is 5.21. The van der Waals surface area contributed by atoms with Gasteiger partial charge in [-0.1, -0.05) is 31.9 Å². The fourth-order valence-corrected chi connectivity index (χ4v) is 3.50. The van der Waals surface area contributed by atoms with Crippen LogP contribution in [0.1, 0.15) is 46.5 Å². The number of esters is 1. The van der Waals surface area contributed by atoms with E-state index in [2.05, 4.69) is 5.32 Å². The molecule has 0 aromatic heterocycles. The van der Waals surface area contributed by atoms with Crippen LogP contribution in [-0.4, -0.2) is 23.7 Å². The zero-order valence-electron chi connectivity index (χ0n) is 14.2. The minimum Gasteiger partial charge on any atom is -0.465 e. The van der Waals surface area contributed by atoms with Crippen LogP contribution in [0.15, 0.2) is 17.0 Å². The second kappa shape index (κ2) is 10.6. The zero-order valence-corrected chi connectivity index (χ0v) is 15.7. The third kappa shape index (κ3) is 6.32. The summed E-state index contributed by atoms with van der Waals surface area (Å²) in [5, 5.41) is 2.32. The van der Waals surface area contributed by atoms with Crippen LogP contribution >= 0.6 is 23.4 Å². The first-order chi connectivity index (χ1) is 11.4. The minimum absolute atomic E-state index is 0.0689. The van der Waals surface area contributed by atoms with Crippen molar-refractivity contribution in [3.63, 3.8) is 0 Å². The van der Waals surface area contributed by atoms with E-state index in [-0.39, 0.29) is 22.6 Å². The van der Waals surface area contributed by atoms with Crippen molar-refractivity contribution >= 4 is 40.9 Å². The normalized spacial score (nSPS) is 11.9. The topological polar surface area (TPSA) is 55.4 Å². The van der Waals surface area contributed by atoms with Gasteiger partial charge in [0.1, 0.15) is 11.1 Å². The monoisotopic (exact) mass is 375 g/mol. The molecule has 0 aliphatic rings. The van der Waals surface area contributed by atoms with Gasteiger partial charge in [-0.25, -0.2) is 4.39 Å². The van der Waals surface area contributed by atoms with Crippen molar-refractivity contribution in [3.05, 3.63) is 23.0 Å². The molecule has 1 aromatic carbocycles. The molecule has 4 nitrogen and oxygen atoms in total. The third-order valence-electron chi connectivity index (χ3n) is 3.14. The Morgan fingerprint density at radius 1 is 1.29 bits per heavy atom. The number of nitrogens with one attached hydrogen (secondary N) is 1. The summed E-state index contributed by atoms with van der Waals surface area (Å²) in [6.45, 7) is 5.89. The molecule has 0 radical (unpaired) electrons. The van der Waals surface area contributed by atoms with E-state index < -0.39 is 11.1 Å². The molecule has 7 heteroatoms. The van der Waals surface area contributed by atoms with Gasteiger partial charge in [0.25, 0.3) is 0 Å². The van der Waals surface area contributed by atoms with E-state index in [4.69, 9.17) is 16.3 Å². The smallest absolute Gasteiger partial charge is 0.319 e. The summed E-state index contributed by atoms with van der Waals surface area (Å²) in [5.74, 6) is -1.18. The highest BCUT2D eigenvalue weighted by molar-refractivity contribution is 8.00. The Balaban J connectivity index is 3.00. The lowest BCUT2D eigenvalue weighted by atomic mass is 10.2. The number of carbonyl (C=O) groups is 2. The average Bonchev–Trinajstić information content (AvgIpc) is 2.51. The van der Waals surface area contributed by atoms with Crippen molar-refractivity contribution in [1.29, 1.82) is 0 Å². The minimum atomic E-state index is -0.600. The lowest BCUT2D eigenvalue weighted by Gasteiger charge is -2.16. The summed E-state index contributed by atoms with van der Waals surface area (Å²) in [6, 6.07) is 2.62. The van der Waals surface area contributed by atoms with E-state index in [1.54, 1.807) is 6.92 Å². The van der Waals surface area contributed by atoms with Crippen LogP contribution < -0.4 is 5.32 Å². The zero-order chi connectivity index (χ0) is 18.1. The van der Waals surface area contributed by atoms with E-state index in [1.165, 1.54) is 17.8 Å². The summed E-state index contributed by atoms with van der Waals surface area (Å²) in [5.41, 5.74) is 0.0689. The molecule has 0 spiro atoms. The van der Waals surface area contributed by atoms with Gasteiger partial charge in [-0.15, -0.1) is 11.8 Å². The molecule has 0 saturated carbocycles. The molecule has 0 saturated heterocycles. The highest BCUT2D eigenvalue weighted by atomic mass is 35.5. The number of hydrogen-bond acceptors (Lipinski definition) is 4. The van der Waals surface area contributed by atoms with E-state index in [0.717, 1.165) is 12.5 Å². The molecule has 0 fully saturated rings. The predicted molar refractivity (Wildman–Crippen MR) is 96.1 cm³/mol. The first kappa shape index (κ1) is 20.8. The number of hydrogen-bond donors (Lipinski definition) is 1. The standard InChI is InChI=1S/C17H23ClFNO3S/c1-4-7-14(17(22)23-6-3)24-15-10-13(12(19)9-11(15)18)20-16(21)8-5-2/h9-10,14H,4-8H2,1-3H3,(H,20,21). The maximum Gasteiger partial charge on any atom is 0.319 e. The van der Waals surface area contributed by atoms with Gasteiger partial charge in [0.05, 0.1) is 17.3 Å². The number of carbonyl (C=O) groups excluding carboxylic acids is 2. The quantitative estimate of drug-likeness (QED) is 0.485. The summed E-state index contributed by atoms with van der Waals surface area (Å²) >= 11 is 7.33. The molecule has 0 aliphatic heterocycles. The summed E-state index contributed by atoms with van der Waals surface area (Å²) < 4.78 is 19.1. The summed E-state index contributed by atoms with van der Waals surface area (Å²) in [6.07, 6.45) is 2.40. The summed E-state index contributed by atoms with van der Waals surface area (Å²) in [7, 11) is 0. The molecular formula is C17H23ClFNO3S. The number of ether oxygens (including phenoxy) is 1. The van der Waals surface area contributed by atoms with Crippen molar-refractivity contribution in [2.45, 2.75) is 56.6 Å². The molecule has 1 N–H and O–H groups in total. The Labute approximate surface area is 151 Å². The van der Waals surface area contributed by atoms with Gasteiger partial charge in [-0.05, 0) is 31.9 Å². The Bertz CT molecular complexity index is 583. The maximum absolute atomic E-state index is 14.0. The van der Waals surface area contributed by atoms with Crippen molar-refractivity contribution in [2.75, 3.05) is 11.9 Å². The van der Waals surface area contributed by atoms with Crippen LogP contribution in [0.5, 0.6) is 0 Å². The van der Waals surface area contributed by atoms with E-state index in [1.807, 2.05) is 13.8 Å². The van der Waals surface area contributed by atoms with Crippen molar-refractivity contribution < 1.29 is 18.7 Å². The lowest BCUT2D eigenvalue weighted by molar-refractivity contribution is -0.142. The Morgan fingerprint density at radius 2 is 2.00 bits per heavy atom. The third-order valence-corrected chi connectivity index (χ3v) is 4.87. The number of rotatable bonds is 9. The molecule has 1 atom stereocenters. The van der Waals surface area contributed by atoms with Crippen molar-refractivity contribution in [2.24, 2.45) is 0 Å². The molecule has 0 bridgehead atoms. The number of benzene rings is 1. The first-order valence-corrected chi connectivity index (χ1v) is 9.30. The van der Waals surface area contributed by atoms with Crippen LogP contribution in [0.2, 0.25) is 5.02 Å². The Morgan fingerprint density at radius 3 is 2.58 bits per heavy atom. The van der Waals surface area contributed by atoms with Gasteiger partial charge < -0.3 is 10.1 Å². The molecule has 1 rings (SSSR count). The van der Waals surface area contributed by atoms with Crippen molar-refractivity contribution in [1.82, 2.24) is 0 Å². The van der Waals surface area contributed by atoms with Gasteiger partial charge in [0.15, 0.2) is 0 Å². The predicted octanol–water partition coefficient (Wildman–Crippen LogP) is 5.04. The fraction of sp³-hybridized carbons (Fsp3) is 0.529. The van der Waals surface area contributed by atoms with Crippen LogP contribution in [0.3, 0.4) is 0 Å². The van der Waals surface area contributed by atoms with Gasteiger partial charge in [-0.3, -0.25) is 9.59 Å². The maximum atomic E-state index is 14.0. The first-order valence-electron chi connectivity index (χ1n) is 8.05. The largest absolute Gasteiger partial charge is 0.465 e. The van der Waals surface area contributed by atoms with E-state index in [0.29, 0.717) is 30.8 Å². The van der Waals surface area contributed by atoms with Gasteiger partial charge in [-0.2, -0.15) is 0 Å². The van der Waals surface area contributed by atoms with E-state index >= 15 is 0 Å². The molecular weight excluding hydrogens is 353 g/mol. The van der Waals surface area contributed by atoms with Crippen LogP contribution in [0, 0.1) is 5.82 Å². The Kier molecular flexibility index (Phi) is 9.14. The van der Waals surface area contributed by atoms with Crippen LogP contribution in [0.25, 0.3) is 0 Å². The highest BCUT2D eigenvalue weighted by Crippen LogP contribution is 2.36. The van der Waals surface area contributed by atoms with Gasteiger partial charge >= 0.3 is 5.97 Å². The second-order valence-corrected chi connectivity index (χ2v) is 6.86.